The molecule has 0 unspecified atom stereocenters. The normalized spacial score (nSPS) is 10.7. The van der Waals surface area contributed by atoms with Gasteiger partial charge in [0.15, 0.2) is 0 Å². The number of nitrogens with two attached hydrogens (primary N) is 1. The second-order valence-corrected chi connectivity index (χ2v) is 4.96. The molecule has 0 saturated carbocycles. The van der Waals surface area contributed by atoms with Crippen molar-refractivity contribution in [3.05, 3.63) is 70.1 Å². The zero-order valence-electron chi connectivity index (χ0n) is 11.8. The van der Waals surface area contributed by atoms with Crippen molar-refractivity contribution >= 4 is 17.1 Å². The number of H-pyrrole nitrogens is 1. The molecule has 1 aromatic heterocycles. The molecule has 3 rings (SSSR count). The SMILES string of the molecule is NC(=O)OCc1ccc(Cn2c(=O)[nH]c3ccccc32)cc1. The number of para-hydroxylation sites is 2. The van der Waals surface area contributed by atoms with Crippen LogP contribution in [0.3, 0.4) is 0 Å². The number of nitrogens with one attached hydrogen (secondary N) is 1. The van der Waals surface area contributed by atoms with Crippen LogP contribution in [0.2, 0.25) is 0 Å². The van der Waals surface area contributed by atoms with Crippen molar-refractivity contribution in [1.29, 1.82) is 0 Å². The molecule has 3 aromatic rings. The first-order valence-corrected chi connectivity index (χ1v) is 6.81. The highest BCUT2D eigenvalue weighted by Crippen LogP contribution is 2.12. The molecule has 0 bridgehead atoms. The Bertz CT molecular complexity index is 862. The van der Waals surface area contributed by atoms with Gasteiger partial charge in [0.25, 0.3) is 0 Å². The zero-order chi connectivity index (χ0) is 15.5. The number of primary amides is 1. The first-order chi connectivity index (χ1) is 10.6. The van der Waals surface area contributed by atoms with E-state index in [1.807, 2.05) is 48.5 Å². The molecule has 2 aromatic carbocycles. The maximum Gasteiger partial charge on any atom is 0.404 e. The molecule has 0 aliphatic rings. The number of rotatable bonds is 4. The Hall–Kier alpha value is -3.02. The van der Waals surface area contributed by atoms with Crippen LogP contribution in [-0.4, -0.2) is 15.6 Å². The smallest absolute Gasteiger partial charge is 0.404 e. The number of ether oxygens (including phenoxy) is 1. The number of imidazole rings is 1. The van der Waals surface area contributed by atoms with Crippen LogP contribution in [0, 0.1) is 0 Å². The minimum absolute atomic E-state index is 0.137. The highest BCUT2D eigenvalue weighted by molar-refractivity contribution is 5.75. The number of aromatic nitrogens is 2. The van der Waals surface area contributed by atoms with Gasteiger partial charge >= 0.3 is 11.8 Å². The molecule has 3 N–H and O–H groups in total. The lowest BCUT2D eigenvalue weighted by Crippen LogP contribution is -2.17. The van der Waals surface area contributed by atoms with Crippen molar-refractivity contribution < 1.29 is 9.53 Å². The first kappa shape index (κ1) is 13.9. The average Bonchev–Trinajstić information content (AvgIpc) is 2.83. The molecule has 0 aliphatic heterocycles. The summed E-state index contributed by atoms with van der Waals surface area (Å²) in [5.41, 5.74) is 8.30. The van der Waals surface area contributed by atoms with Gasteiger partial charge in [-0.1, -0.05) is 36.4 Å². The summed E-state index contributed by atoms with van der Waals surface area (Å²) in [6.07, 6.45) is -0.797. The lowest BCUT2D eigenvalue weighted by molar-refractivity contribution is 0.150. The third-order valence-electron chi connectivity index (χ3n) is 3.43. The molecule has 112 valence electrons. The third kappa shape index (κ3) is 2.85. The van der Waals surface area contributed by atoms with E-state index in [1.165, 1.54) is 0 Å². The Morgan fingerprint density at radius 1 is 1.09 bits per heavy atom. The molecule has 0 atom stereocenters. The van der Waals surface area contributed by atoms with E-state index in [-0.39, 0.29) is 12.3 Å². The lowest BCUT2D eigenvalue weighted by Gasteiger charge is -2.06. The van der Waals surface area contributed by atoms with Gasteiger partial charge in [-0.3, -0.25) is 4.57 Å². The maximum atomic E-state index is 12.0. The molecule has 0 aliphatic carbocycles. The van der Waals surface area contributed by atoms with E-state index in [0.717, 1.165) is 22.2 Å². The van der Waals surface area contributed by atoms with E-state index in [1.54, 1.807) is 4.57 Å². The number of hydrogen-bond acceptors (Lipinski definition) is 3. The number of amides is 1. The quantitative estimate of drug-likeness (QED) is 0.771. The van der Waals surface area contributed by atoms with Crippen molar-refractivity contribution in [1.82, 2.24) is 9.55 Å². The van der Waals surface area contributed by atoms with Crippen molar-refractivity contribution in [2.24, 2.45) is 5.73 Å². The van der Waals surface area contributed by atoms with Gasteiger partial charge in [-0.05, 0) is 23.3 Å². The van der Waals surface area contributed by atoms with Crippen LogP contribution in [0.25, 0.3) is 11.0 Å². The standard InChI is InChI=1S/C16H15N3O3/c17-15(20)22-10-12-7-5-11(6-8-12)9-19-14-4-2-1-3-13(14)18-16(19)21/h1-8H,9-10H2,(H2,17,20)(H,18,21). The fourth-order valence-electron chi connectivity index (χ4n) is 2.34. The highest BCUT2D eigenvalue weighted by Gasteiger charge is 2.06. The van der Waals surface area contributed by atoms with Gasteiger partial charge in [0, 0.05) is 0 Å². The van der Waals surface area contributed by atoms with Crippen LogP contribution >= 0.6 is 0 Å². The van der Waals surface area contributed by atoms with E-state index in [0.29, 0.717) is 6.54 Å². The van der Waals surface area contributed by atoms with E-state index >= 15 is 0 Å². The molecule has 0 fully saturated rings. The van der Waals surface area contributed by atoms with E-state index < -0.39 is 6.09 Å². The van der Waals surface area contributed by atoms with Crippen LogP contribution in [0.1, 0.15) is 11.1 Å². The molecule has 0 radical (unpaired) electrons. The van der Waals surface area contributed by atoms with Gasteiger partial charge in [-0.2, -0.15) is 0 Å². The zero-order valence-corrected chi connectivity index (χ0v) is 11.8. The van der Waals surface area contributed by atoms with Crippen LogP contribution in [0.5, 0.6) is 0 Å². The summed E-state index contributed by atoms with van der Waals surface area (Å²) >= 11 is 0. The van der Waals surface area contributed by atoms with Gasteiger partial charge in [-0.25, -0.2) is 9.59 Å². The Labute approximate surface area is 126 Å². The van der Waals surface area contributed by atoms with Crippen LogP contribution < -0.4 is 11.4 Å². The molecule has 1 amide bonds. The summed E-state index contributed by atoms with van der Waals surface area (Å²) in [6, 6.07) is 15.0. The fourth-order valence-corrected chi connectivity index (χ4v) is 2.34. The number of carbonyl (C=O) groups is 1. The lowest BCUT2D eigenvalue weighted by atomic mass is 10.1. The first-order valence-electron chi connectivity index (χ1n) is 6.81. The summed E-state index contributed by atoms with van der Waals surface area (Å²) in [7, 11) is 0. The number of benzene rings is 2. The van der Waals surface area contributed by atoms with E-state index in [2.05, 4.69) is 4.98 Å². The molecule has 6 nitrogen and oxygen atoms in total. The topological polar surface area (TPSA) is 90.1 Å². The number of carbonyl (C=O) groups excluding carboxylic acids is 1. The Balaban J connectivity index is 1.82. The maximum absolute atomic E-state index is 12.0. The summed E-state index contributed by atoms with van der Waals surface area (Å²) < 4.78 is 6.41. The predicted molar refractivity (Wildman–Crippen MR) is 82.5 cm³/mol. The second-order valence-electron chi connectivity index (χ2n) is 4.96. The highest BCUT2D eigenvalue weighted by atomic mass is 16.5. The molecule has 0 saturated heterocycles. The Morgan fingerprint density at radius 2 is 1.77 bits per heavy atom. The van der Waals surface area contributed by atoms with Crippen molar-refractivity contribution in [3.63, 3.8) is 0 Å². The van der Waals surface area contributed by atoms with Crippen LogP contribution in [-0.2, 0) is 17.9 Å². The number of nitrogens with zero attached hydrogens (tertiary/aromatic N) is 1. The number of aromatic amines is 1. The fraction of sp³-hybridized carbons (Fsp3) is 0.125. The van der Waals surface area contributed by atoms with Crippen molar-refractivity contribution in [2.45, 2.75) is 13.2 Å². The van der Waals surface area contributed by atoms with E-state index in [9.17, 15) is 9.59 Å². The van der Waals surface area contributed by atoms with Gasteiger partial charge in [0.1, 0.15) is 6.61 Å². The van der Waals surface area contributed by atoms with Gasteiger partial charge in [0.2, 0.25) is 0 Å². The largest absolute Gasteiger partial charge is 0.445 e. The second kappa shape index (κ2) is 5.77. The summed E-state index contributed by atoms with van der Waals surface area (Å²) in [5, 5.41) is 0. The molecule has 6 heteroatoms. The summed E-state index contributed by atoms with van der Waals surface area (Å²) in [4.78, 5) is 25.4. The molecular weight excluding hydrogens is 282 g/mol. The minimum Gasteiger partial charge on any atom is -0.445 e. The Kier molecular flexibility index (Phi) is 3.65. The van der Waals surface area contributed by atoms with Crippen molar-refractivity contribution in [3.8, 4) is 0 Å². The summed E-state index contributed by atoms with van der Waals surface area (Å²) in [6.45, 7) is 0.614. The minimum atomic E-state index is -0.797. The third-order valence-corrected chi connectivity index (χ3v) is 3.43. The van der Waals surface area contributed by atoms with E-state index in [4.69, 9.17) is 10.5 Å². The van der Waals surface area contributed by atoms with Gasteiger partial charge in [-0.15, -0.1) is 0 Å². The Morgan fingerprint density at radius 3 is 2.50 bits per heavy atom. The average molecular weight is 297 g/mol. The van der Waals surface area contributed by atoms with Crippen LogP contribution in [0.4, 0.5) is 4.79 Å². The monoisotopic (exact) mass is 297 g/mol. The predicted octanol–water partition coefficient (Wildman–Crippen LogP) is 1.97. The van der Waals surface area contributed by atoms with Crippen LogP contribution in [0.15, 0.2) is 53.3 Å². The molecule has 0 spiro atoms. The summed E-state index contributed by atoms with van der Waals surface area (Å²) in [5.74, 6) is 0. The molecule has 1 heterocycles. The van der Waals surface area contributed by atoms with Gasteiger partial charge < -0.3 is 15.5 Å². The van der Waals surface area contributed by atoms with Crippen molar-refractivity contribution in [2.75, 3.05) is 0 Å². The number of fused-ring (bicyclic) bond motifs is 1. The number of hydrogen-bond donors (Lipinski definition) is 2. The molecule has 22 heavy (non-hydrogen) atoms. The molecular formula is C16H15N3O3. The van der Waals surface area contributed by atoms with Gasteiger partial charge in [0.05, 0.1) is 17.6 Å².